The number of rotatable bonds is 7. The number of hydrogen-bond donors (Lipinski definition) is 1. The van der Waals surface area contributed by atoms with Crippen LogP contribution in [-0.2, 0) is 17.9 Å². The van der Waals surface area contributed by atoms with Crippen LogP contribution < -0.4 is 9.46 Å². The van der Waals surface area contributed by atoms with Crippen molar-refractivity contribution in [2.24, 2.45) is 5.92 Å². The van der Waals surface area contributed by atoms with E-state index in [1.54, 1.807) is 11.8 Å². The highest BCUT2D eigenvalue weighted by Crippen LogP contribution is 2.24. The van der Waals surface area contributed by atoms with Crippen molar-refractivity contribution in [2.45, 2.75) is 52.0 Å². The Hall–Kier alpha value is -1.57. The first kappa shape index (κ1) is 19.8. The first-order chi connectivity index (χ1) is 11.7. The summed E-state index contributed by atoms with van der Waals surface area (Å²) in [6, 6.07) is 7.76. The van der Waals surface area contributed by atoms with Crippen molar-refractivity contribution in [3.05, 3.63) is 41.7 Å². The summed E-state index contributed by atoms with van der Waals surface area (Å²) in [4.78, 5) is 0. The maximum absolute atomic E-state index is 12.4. The van der Waals surface area contributed by atoms with Gasteiger partial charge in [0.2, 0.25) is 0 Å². The van der Waals surface area contributed by atoms with Crippen LogP contribution in [0.15, 0.2) is 30.5 Å². The predicted molar refractivity (Wildman–Crippen MR) is 101 cm³/mol. The van der Waals surface area contributed by atoms with Gasteiger partial charge in [0.1, 0.15) is 22.2 Å². The minimum atomic E-state index is -1.16. The lowest BCUT2D eigenvalue weighted by molar-refractivity contribution is 0.414. The molecule has 1 aromatic heterocycles. The van der Waals surface area contributed by atoms with E-state index in [2.05, 4.69) is 28.9 Å². The maximum Gasteiger partial charge on any atom is 0.136 e. The summed E-state index contributed by atoms with van der Waals surface area (Å²) in [5, 5.41) is 8.52. The van der Waals surface area contributed by atoms with Gasteiger partial charge < -0.3 is 9.29 Å². The average molecular weight is 365 g/mol. The molecule has 1 aromatic carbocycles. The second kappa shape index (κ2) is 8.21. The van der Waals surface area contributed by atoms with Gasteiger partial charge in [0, 0.05) is 11.4 Å². The molecule has 0 fully saturated rings. The number of benzene rings is 1. The van der Waals surface area contributed by atoms with Gasteiger partial charge in [-0.2, -0.15) is 0 Å². The summed E-state index contributed by atoms with van der Waals surface area (Å²) in [5.41, 5.74) is 1.92. The van der Waals surface area contributed by atoms with E-state index in [4.69, 9.17) is 4.74 Å². The van der Waals surface area contributed by atoms with E-state index in [1.165, 1.54) is 0 Å². The van der Waals surface area contributed by atoms with Crippen LogP contribution in [0.1, 0.15) is 51.9 Å². The normalized spacial score (nSPS) is 14.6. The Morgan fingerprint density at radius 1 is 1.24 bits per heavy atom. The molecule has 0 saturated heterocycles. The lowest BCUT2D eigenvalue weighted by Gasteiger charge is -2.28. The standard InChI is InChI=1S/C18H28N4O2S/c1-13(2)17(20-25(23)18(3,4)5)16-12-22(21-19-16)11-14-7-9-15(24-6)10-8-14/h7-10,12-13,17,20H,11H2,1-6H3/t17?,25-/m0/s1. The van der Waals surface area contributed by atoms with Crippen molar-refractivity contribution in [1.29, 1.82) is 0 Å². The zero-order chi connectivity index (χ0) is 18.6. The third-order valence-electron chi connectivity index (χ3n) is 3.84. The molecule has 7 heteroatoms. The van der Waals surface area contributed by atoms with Crippen molar-refractivity contribution >= 4 is 11.4 Å². The third-order valence-corrected chi connectivity index (χ3v) is 5.42. The van der Waals surface area contributed by atoms with E-state index >= 15 is 0 Å². The van der Waals surface area contributed by atoms with Crippen molar-refractivity contribution in [3.8, 4) is 5.75 Å². The second-order valence-electron chi connectivity index (χ2n) is 7.41. The van der Waals surface area contributed by atoms with Crippen LogP contribution in [0.3, 0.4) is 0 Å². The second-order valence-corrected chi connectivity index (χ2v) is 9.41. The van der Waals surface area contributed by atoms with Gasteiger partial charge in [0.05, 0.1) is 19.9 Å². The summed E-state index contributed by atoms with van der Waals surface area (Å²) >= 11 is -1.16. The molecule has 1 N–H and O–H groups in total. The summed E-state index contributed by atoms with van der Waals surface area (Å²) in [6.07, 6.45) is 1.92. The Kier molecular flexibility index (Phi) is 6.48. The fourth-order valence-corrected chi connectivity index (χ4v) is 3.26. The van der Waals surface area contributed by atoms with Gasteiger partial charge in [-0.15, -0.1) is 9.82 Å². The van der Waals surface area contributed by atoms with Crippen molar-refractivity contribution in [3.63, 3.8) is 0 Å². The molecular formula is C18H28N4O2S. The highest BCUT2D eigenvalue weighted by Gasteiger charge is 2.32. The number of hydrogen-bond acceptors (Lipinski definition) is 5. The number of aromatic nitrogens is 3. The topological polar surface area (TPSA) is 75.0 Å². The lowest BCUT2D eigenvalue weighted by Crippen LogP contribution is -2.42. The summed E-state index contributed by atoms with van der Waals surface area (Å²) in [5.74, 6) is 1.08. The Balaban J connectivity index is 2.10. The van der Waals surface area contributed by atoms with Crippen LogP contribution in [0.4, 0.5) is 0 Å². The summed E-state index contributed by atoms with van der Waals surface area (Å²) < 4.78 is 22.3. The molecule has 2 rings (SSSR count). The summed E-state index contributed by atoms with van der Waals surface area (Å²) in [6.45, 7) is 10.7. The van der Waals surface area contributed by atoms with E-state index in [9.17, 15) is 4.55 Å². The molecule has 0 aliphatic carbocycles. The molecule has 0 saturated carbocycles. The summed E-state index contributed by atoms with van der Waals surface area (Å²) in [7, 11) is 1.65. The molecule has 0 amide bonds. The SMILES string of the molecule is COc1ccc(Cn2cc(C(N[S@@+]([O-])C(C)(C)C)C(C)C)nn2)cc1. The van der Waals surface area contributed by atoms with Crippen LogP contribution in [0.5, 0.6) is 5.75 Å². The number of nitrogens with one attached hydrogen (secondary N) is 1. The maximum atomic E-state index is 12.4. The molecule has 1 heterocycles. The largest absolute Gasteiger partial charge is 0.598 e. The zero-order valence-corrected chi connectivity index (χ0v) is 16.6. The van der Waals surface area contributed by atoms with Crippen LogP contribution in [-0.4, -0.2) is 31.4 Å². The third kappa shape index (κ3) is 5.45. The van der Waals surface area contributed by atoms with Crippen LogP contribution in [0, 0.1) is 5.92 Å². The zero-order valence-electron chi connectivity index (χ0n) is 15.8. The Bertz CT molecular complexity index is 664. The molecule has 2 aromatic rings. The minimum Gasteiger partial charge on any atom is -0.598 e. The number of methoxy groups -OCH3 is 1. The average Bonchev–Trinajstić information content (AvgIpc) is 2.99. The van der Waals surface area contributed by atoms with Crippen LogP contribution in [0.25, 0.3) is 0 Å². The first-order valence-corrected chi connectivity index (χ1v) is 9.56. The molecular weight excluding hydrogens is 336 g/mol. The van der Waals surface area contributed by atoms with Crippen molar-refractivity contribution in [2.75, 3.05) is 7.11 Å². The van der Waals surface area contributed by atoms with Gasteiger partial charge in [0.15, 0.2) is 0 Å². The quantitative estimate of drug-likeness (QED) is 0.764. The number of ether oxygens (including phenoxy) is 1. The Morgan fingerprint density at radius 3 is 2.40 bits per heavy atom. The smallest absolute Gasteiger partial charge is 0.136 e. The van der Waals surface area contributed by atoms with E-state index in [1.807, 2.05) is 51.2 Å². The van der Waals surface area contributed by atoms with Gasteiger partial charge in [-0.25, -0.2) is 4.68 Å². The molecule has 0 aliphatic rings. The monoisotopic (exact) mass is 364 g/mol. The van der Waals surface area contributed by atoms with Crippen molar-refractivity contribution < 1.29 is 9.29 Å². The van der Waals surface area contributed by atoms with Gasteiger partial charge in [-0.05, 0) is 44.4 Å². The molecule has 0 radical (unpaired) electrons. The van der Waals surface area contributed by atoms with E-state index in [0.29, 0.717) is 6.54 Å². The predicted octanol–water partition coefficient (Wildman–Crippen LogP) is 3.08. The Labute approximate surface area is 153 Å². The molecule has 0 bridgehead atoms. The van der Waals surface area contributed by atoms with E-state index in [0.717, 1.165) is 17.0 Å². The van der Waals surface area contributed by atoms with E-state index < -0.39 is 11.4 Å². The molecule has 25 heavy (non-hydrogen) atoms. The Morgan fingerprint density at radius 2 is 1.88 bits per heavy atom. The van der Waals surface area contributed by atoms with Gasteiger partial charge in [-0.1, -0.05) is 31.2 Å². The fraction of sp³-hybridized carbons (Fsp3) is 0.556. The molecule has 2 atom stereocenters. The highest BCUT2D eigenvalue weighted by atomic mass is 32.2. The van der Waals surface area contributed by atoms with Gasteiger partial charge in [0.25, 0.3) is 0 Å². The van der Waals surface area contributed by atoms with E-state index in [-0.39, 0.29) is 16.7 Å². The van der Waals surface area contributed by atoms with Crippen LogP contribution in [0.2, 0.25) is 0 Å². The molecule has 138 valence electrons. The fourth-order valence-electron chi connectivity index (χ4n) is 2.28. The first-order valence-electron chi connectivity index (χ1n) is 8.41. The molecule has 6 nitrogen and oxygen atoms in total. The van der Waals surface area contributed by atoms with Crippen molar-refractivity contribution in [1.82, 2.24) is 19.7 Å². The lowest BCUT2D eigenvalue weighted by atomic mass is 10.0. The number of nitrogens with zero attached hydrogens (tertiary/aromatic N) is 3. The highest BCUT2D eigenvalue weighted by molar-refractivity contribution is 7.90. The molecule has 0 aliphatic heterocycles. The van der Waals surface area contributed by atoms with Crippen LogP contribution >= 0.6 is 0 Å². The van der Waals surface area contributed by atoms with Gasteiger partial charge >= 0.3 is 0 Å². The molecule has 0 spiro atoms. The molecule has 1 unspecified atom stereocenters. The van der Waals surface area contributed by atoms with Gasteiger partial charge in [-0.3, -0.25) is 0 Å². The minimum absolute atomic E-state index is 0.107.